The Morgan fingerprint density at radius 3 is 1.74 bits per heavy atom. The van der Waals surface area contributed by atoms with E-state index in [2.05, 4.69) is 42.3 Å². The number of likely N-dealkylation sites (N-methyl/N-ethyl adjacent to an activating group) is 3. The van der Waals surface area contributed by atoms with Crippen molar-refractivity contribution in [1.29, 1.82) is 0 Å². The van der Waals surface area contributed by atoms with Gasteiger partial charge in [-0.2, -0.15) is 0 Å². The third-order valence-electron chi connectivity index (χ3n) is 3.76. The number of nitrogens with zero attached hydrogens (tertiary/aromatic N) is 3. The zero-order valence-electron chi connectivity index (χ0n) is 20.0. The van der Waals surface area contributed by atoms with Crippen molar-refractivity contribution in [2.45, 2.75) is 12.1 Å². The normalized spacial score (nSPS) is 18.1. The van der Waals surface area contributed by atoms with Gasteiger partial charge in [0.1, 0.15) is 12.1 Å². The predicted octanol–water partition coefficient (Wildman–Crippen LogP) is -7.69. The summed E-state index contributed by atoms with van der Waals surface area (Å²) in [5.41, 5.74) is 0. The maximum absolute atomic E-state index is 11.2. The van der Waals surface area contributed by atoms with Gasteiger partial charge in [-0.3, -0.25) is 4.79 Å². The zero-order chi connectivity index (χ0) is 23.1. The first kappa shape index (κ1) is 39.1. The molecule has 2 rings (SSSR count). The first-order valence-corrected chi connectivity index (χ1v) is 10.1. The van der Waals surface area contributed by atoms with Crippen molar-refractivity contribution in [2.75, 3.05) is 53.4 Å². The number of amides is 4. The number of rotatable bonds is 3. The second-order valence-corrected chi connectivity index (χ2v) is 5.34. The minimum absolute atomic E-state index is 0. The van der Waals surface area contributed by atoms with Crippen LogP contribution >= 0.6 is 22.6 Å². The first-order chi connectivity index (χ1) is 13.7. The van der Waals surface area contributed by atoms with Gasteiger partial charge >= 0.3 is 127 Å². The van der Waals surface area contributed by atoms with Crippen LogP contribution in [-0.2, 0) is 28.7 Å². The van der Waals surface area contributed by atoms with E-state index in [1.807, 2.05) is 4.93 Å². The molecule has 0 unspecified atom stereocenters. The Morgan fingerprint density at radius 1 is 1.06 bits per heavy atom. The van der Waals surface area contributed by atoms with Gasteiger partial charge in [-0.15, -0.1) is 0 Å². The summed E-state index contributed by atoms with van der Waals surface area (Å²) in [6, 6.07) is -1.30. The fourth-order valence-corrected chi connectivity index (χ4v) is 2.20. The van der Waals surface area contributed by atoms with Crippen LogP contribution in [0.3, 0.4) is 0 Å². The molecule has 2 saturated heterocycles. The summed E-state index contributed by atoms with van der Waals surface area (Å²) in [4.78, 5) is 61.4. The Morgan fingerprint density at radius 2 is 1.48 bits per heavy atom. The molecule has 0 saturated carbocycles. The number of carbonyl (C=O) groups excluding carboxylic acids is 5. The quantitative estimate of drug-likeness (QED) is 0.0622. The molecule has 1 N–H and O–H groups in total. The molecule has 0 aromatic heterocycles. The smallest absolute Gasteiger partial charge is 1.00 e. The molecule has 2 fully saturated rings. The largest absolute Gasteiger partial charge is 1.00 e. The summed E-state index contributed by atoms with van der Waals surface area (Å²) in [6.45, 7) is 0.560. The number of carbonyl (C=O) groups is 5. The van der Waals surface area contributed by atoms with Crippen molar-refractivity contribution < 1.29 is 148 Å². The number of methoxy groups -OCH3 is 2. The van der Waals surface area contributed by atoms with Gasteiger partial charge in [-0.25, -0.2) is 19.2 Å². The van der Waals surface area contributed by atoms with Crippen LogP contribution < -0.4 is 113 Å². The number of urea groups is 2. The topological polar surface area (TPSA) is 158 Å². The van der Waals surface area contributed by atoms with Crippen molar-refractivity contribution in [3.63, 3.8) is 0 Å². The van der Waals surface area contributed by atoms with Crippen LogP contribution in [0.5, 0.6) is 0 Å². The number of alkyl halides is 1. The van der Waals surface area contributed by atoms with E-state index in [1.165, 1.54) is 28.9 Å². The molecule has 170 valence electrons. The number of ether oxygens (including phenoxy) is 2. The van der Waals surface area contributed by atoms with E-state index < -0.39 is 12.1 Å². The second-order valence-electron chi connectivity index (χ2n) is 5.34. The Labute approximate surface area is 281 Å². The number of hydrogen-bond donors (Lipinski definition) is 1. The summed E-state index contributed by atoms with van der Waals surface area (Å²) >= 11 is 2.15. The second kappa shape index (κ2) is 22.7. The molecule has 2 atom stereocenters. The molecule has 0 bridgehead atoms. The van der Waals surface area contributed by atoms with Crippen LogP contribution in [0.2, 0.25) is 0 Å². The van der Waals surface area contributed by atoms with Crippen LogP contribution in [0.15, 0.2) is 0 Å². The van der Waals surface area contributed by atoms with Crippen LogP contribution in [0, 0.1) is 0 Å². The van der Waals surface area contributed by atoms with Crippen molar-refractivity contribution >= 4 is 53.1 Å². The molecule has 0 aromatic rings. The van der Waals surface area contributed by atoms with Crippen LogP contribution in [0.1, 0.15) is 1.43 Å². The van der Waals surface area contributed by atoms with E-state index in [9.17, 15) is 19.2 Å². The fourth-order valence-electron chi connectivity index (χ4n) is 2.20. The molecule has 0 spiro atoms. The standard InChI is InChI=1S/C7H12N2O3.C6H10N2O3.CH3I.CH2O3.2K.H/c1-8-4-5(6(10)12-3)9(2)7(8)11;1-8-4(5(9)11-2)3-7-6(8)10;1-2;2-1-4-3;;;/h5H,4H2,1-3H3;4H,3H2,1-2H3,(H,7,10);1H3;1,3H;;;/q;;;;2*+1;-1/p-1/t5-;4-;;;;;/m00...../s1. The summed E-state index contributed by atoms with van der Waals surface area (Å²) in [6.07, 6.45) is 0. The van der Waals surface area contributed by atoms with Crippen molar-refractivity contribution in [3.8, 4) is 0 Å². The summed E-state index contributed by atoms with van der Waals surface area (Å²) in [7, 11) is 7.43. The first-order valence-electron chi connectivity index (χ1n) is 7.90. The predicted molar refractivity (Wildman–Crippen MR) is 107 cm³/mol. The summed E-state index contributed by atoms with van der Waals surface area (Å²) in [5, 5.41) is 11.0. The minimum atomic E-state index is -0.465. The van der Waals surface area contributed by atoms with Gasteiger partial charge in [-0.05, 0) is 4.93 Å². The molecule has 0 aromatic carbocycles. The van der Waals surface area contributed by atoms with E-state index in [0.29, 0.717) is 13.1 Å². The van der Waals surface area contributed by atoms with Gasteiger partial charge < -0.3 is 41.1 Å². The maximum atomic E-state index is 11.2. The number of hydrogen-bond acceptors (Lipinski definition) is 9. The molecule has 2 heterocycles. The van der Waals surface area contributed by atoms with Gasteiger partial charge in [0.25, 0.3) is 6.47 Å². The molecule has 0 aliphatic carbocycles. The van der Waals surface area contributed by atoms with Crippen molar-refractivity contribution in [3.05, 3.63) is 0 Å². The third-order valence-corrected chi connectivity index (χ3v) is 3.76. The molecule has 0 radical (unpaired) electrons. The van der Waals surface area contributed by atoms with E-state index in [-0.39, 0.29) is 135 Å². The van der Waals surface area contributed by atoms with E-state index in [4.69, 9.17) is 10.1 Å². The average Bonchev–Trinajstić information content (AvgIpc) is 3.22. The van der Waals surface area contributed by atoms with Crippen LogP contribution in [0.25, 0.3) is 0 Å². The van der Waals surface area contributed by atoms with Crippen molar-refractivity contribution in [2.24, 2.45) is 0 Å². The van der Waals surface area contributed by atoms with Gasteiger partial charge in [0.15, 0.2) is 0 Å². The Balaban J connectivity index is -0.000000114. The maximum Gasteiger partial charge on any atom is 1.00 e. The molecule has 16 heteroatoms. The molecule has 2 aliphatic rings. The molecular weight excluding hydrogens is 585 g/mol. The average molecular weight is 613 g/mol. The molecular formula is C15H27IK2N4O9. The monoisotopic (exact) mass is 612 g/mol. The summed E-state index contributed by atoms with van der Waals surface area (Å²) < 4.78 is 9.02. The minimum Gasteiger partial charge on any atom is -1.00 e. The van der Waals surface area contributed by atoms with E-state index in [1.54, 1.807) is 21.1 Å². The number of halogens is 1. The zero-order valence-corrected chi connectivity index (χ0v) is 27.4. The molecule has 31 heavy (non-hydrogen) atoms. The Hall–Kier alpha value is 0.913. The van der Waals surface area contributed by atoms with Gasteiger partial charge in [0.2, 0.25) is 0 Å². The van der Waals surface area contributed by atoms with E-state index in [0.717, 1.165) is 0 Å². The van der Waals surface area contributed by atoms with Crippen LogP contribution in [-0.4, -0.2) is 111 Å². The molecule has 13 nitrogen and oxygen atoms in total. The molecule has 4 amide bonds. The van der Waals surface area contributed by atoms with Crippen LogP contribution in [0.4, 0.5) is 9.59 Å². The fraction of sp³-hybridized carbons (Fsp3) is 0.667. The molecule has 2 aliphatic heterocycles. The Bertz CT molecular complexity index is 581. The summed E-state index contributed by atoms with van der Waals surface area (Å²) in [5.74, 6) is -0.749. The van der Waals surface area contributed by atoms with E-state index >= 15 is 0 Å². The van der Waals surface area contributed by atoms with Gasteiger partial charge in [0, 0.05) is 21.1 Å². The SMILES string of the molecule is CI.COC(=O)[C@@H]1CN(C)C(=O)N1C.COC(=O)[C@@H]1CNC(=O)N1C.O=CO[O-].[H-].[K+].[K+]. The van der Waals surface area contributed by atoms with Gasteiger partial charge in [0.05, 0.1) is 27.3 Å². The third kappa shape index (κ3) is 14.0. The number of nitrogens with one attached hydrogen (secondary N) is 1. The Kier molecular flexibility index (Phi) is 28.7. The number of esters is 2. The van der Waals surface area contributed by atoms with Crippen molar-refractivity contribution in [1.82, 2.24) is 20.0 Å². The van der Waals surface area contributed by atoms with Gasteiger partial charge in [-0.1, -0.05) is 22.6 Å².